The summed E-state index contributed by atoms with van der Waals surface area (Å²) in [5, 5.41) is 11.5. The second-order valence-corrected chi connectivity index (χ2v) is 6.62. The molecule has 0 unspecified atom stereocenters. The molecule has 10 heteroatoms. The third-order valence-electron chi connectivity index (χ3n) is 3.86. The van der Waals surface area contributed by atoms with Gasteiger partial charge in [0.1, 0.15) is 12.4 Å². The van der Waals surface area contributed by atoms with Crippen molar-refractivity contribution >= 4 is 32.9 Å². The van der Waals surface area contributed by atoms with Gasteiger partial charge in [-0.15, -0.1) is 0 Å². The molecule has 6 nitrogen and oxygen atoms in total. The molecule has 1 fully saturated rings. The monoisotopic (exact) mass is 453 g/mol. The van der Waals surface area contributed by atoms with Gasteiger partial charge in [0.2, 0.25) is 0 Å². The first-order valence-corrected chi connectivity index (χ1v) is 8.89. The van der Waals surface area contributed by atoms with E-state index in [-0.39, 0.29) is 0 Å². The quantitative estimate of drug-likeness (QED) is 0.724. The molecule has 0 spiro atoms. The zero-order valence-corrected chi connectivity index (χ0v) is 16.0. The number of furan rings is 1. The number of methoxy groups -OCH3 is 1. The van der Waals surface area contributed by atoms with E-state index in [2.05, 4.69) is 21.2 Å². The van der Waals surface area contributed by atoms with Gasteiger partial charge in [-0.2, -0.15) is 13.2 Å². The number of ether oxygens (including phenoxy) is 2. The molecule has 3 rings (SSSR count). The Kier molecular flexibility index (Phi) is 7.51. The Labute approximate surface area is 161 Å². The van der Waals surface area contributed by atoms with Crippen LogP contribution in [0.3, 0.4) is 0 Å². The van der Waals surface area contributed by atoms with Gasteiger partial charge < -0.3 is 24.3 Å². The number of carbonyl (C=O) groups is 1. The van der Waals surface area contributed by atoms with Crippen LogP contribution in [-0.4, -0.2) is 43.6 Å². The highest BCUT2D eigenvalue weighted by molar-refractivity contribution is 9.10. The molecule has 1 aromatic carbocycles. The number of carboxylic acids is 1. The second-order valence-electron chi connectivity index (χ2n) is 5.77. The molecule has 1 aromatic heterocycles. The van der Waals surface area contributed by atoms with Crippen molar-refractivity contribution in [3.05, 3.63) is 28.4 Å². The topological polar surface area (TPSA) is 80.9 Å². The molecule has 0 atom stereocenters. The van der Waals surface area contributed by atoms with Crippen LogP contribution in [0.4, 0.5) is 13.2 Å². The summed E-state index contributed by atoms with van der Waals surface area (Å²) in [6.07, 6.45) is -2.63. The van der Waals surface area contributed by atoms with E-state index in [4.69, 9.17) is 23.8 Å². The van der Waals surface area contributed by atoms with Crippen molar-refractivity contribution in [2.75, 3.05) is 20.2 Å². The first-order valence-electron chi connectivity index (χ1n) is 8.09. The Hall–Kier alpha value is -1.78. The molecule has 0 bridgehead atoms. The lowest BCUT2D eigenvalue weighted by atomic mass is 10.1. The number of rotatable bonds is 4. The maximum absolute atomic E-state index is 10.6. The van der Waals surface area contributed by atoms with Gasteiger partial charge in [0.05, 0.1) is 13.2 Å². The number of aliphatic carboxylic acids is 1. The summed E-state index contributed by atoms with van der Waals surface area (Å²) in [6.45, 7) is 2.57. The average molecular weight is 454 g/mol. The molecular weight excluding hydrogens is 435 g/mol. The van der Waals surface area contributed by atoms with Crippen molar-refractivity contribution in [3.63, 3.8) is 0 Å². The number of nitrogens with one attached hydrogen (secondary N) is 1. The van der Waals surface area contributed by atoms with Crippen LogP contribution in [0.2, 0.25) is 0 Å². The molecule has 1 aliphatic rings. The van der Waals surface area contributed by atoms with E-state index >= 15 is 0 Å². The van der Waals surface area contributed by atoms with E-state index in [0.29, 0.717) is 12.7 Å². The third kappa shape index (κ3) is 6.12. The lowest BCUT2D eigenvalue weighted by Crippen LogP contribution is -2.32. The molecule has 2 heterocycles. The van der Waals surface area contributed by atoms with E-state index in [9.17, 15) is 13.2 Å². The Morgan fingerprint density at radius 1 is 1.37 bits per heavy atom. The number of halogens is 4. The predicted octanol–water partition coefficient (Wildman–Crippen LogP) is 4.11. The van der Waals surface area contributed by atoms with Gasteiger partial charge in [-0.05, 0) is 44.1 Å². The molecule has 0 aliphatic carbocycles. The van der Waals surface area contributed by atoms with E-state index in [1.165, 1.54) is 0 Å². The van der Waals surface area contributed by atoms with Gasteiger partial charge in [0.15, 0.2) is 11.3 Å². The Morgan fingerprint density at radius 2 is 2.00 bits per heavy atom. The molecule has 27 heavy (non-hydrogen) atoms. The molecule has 2 aromatic rings. The van der Waals surface area contributed by atoms with Crippen LogP contribution >= 0.6 is 15.9 Å². The summed E-state index contributed by atoms with van der Waals surface area (Å²) >= 11 is 3.54. The first-order chi connectivity index (χ1) is 12.7. The number of alkyl halides is 3. The normalized spacial score (nSPS) is 15.3. The minimum atomic E-state index is -5.08. The largest absolute Gasteiger partial charge is 0.493 e. The van der Waals surface area contributed by atoms with Crippen molar-refractivity contribution < 1.29 is 37.0 Å². The number of piperidine rings is 1. The van der Waals surface area contributed by atoms with Crippen LogP contribution < -0.4 is 10.1 Å². The number of carboxylic acid groups (broad SMARTS) is 1. The van der Waals surface area contributed by atoms with Crippen molar-refractivity contribution in [1.29, 1.82) is 0 Å². The predicted molar refractivity (Wildman–Crippen MR) is 94.8 cm³/mol. The zero-order chi connectivity index (χ0) is 20.0. The molecule has 0 amide bonds. The molecule has 2 N–H and O–H groups in total. The fourth-order valence-corrected chi connectivity index (χ4v) is 2.94. The lowest BCUT2D eigenvalue weighted by Gasteiger charge is -2.22. The van der Waals surface area contributed by atoms with Gasteiger partial charge in [-0.25, -0.2) is 4.79 Å². The highest BCUT2D eigenvalue weighted by atomic mass is 79.9. The Bertz CT molecular complexity index is 772. The van der Waals surface area contributed by atoms with Gasteiger partial charge in [0, 0.05) is 9.86 Å². The van der Waals surface area contributed by atoms with Crippen LogP contribution in [0, 0.1) is 0 Å². The van der Waals surface area contributed by atoms with Crippen molar-refractivity contribution in [2.24, 2.45) is 0 Å². The Morgan fingerprint density at radius 3 is 2.56 bits per heavy atom. The van der Waals surface area contributed by atoms with E-state index in [1.807, 2.05) is 18.2 Å². The van der Waals surface area contributed by atoms with Crippen LogP contribution in [0.5, 0.6) is 5.75 Å². The van der Waals surface area contributed by atoms with E-state index in [0.717, 1.165) is 52.9 Å². The number of benzene rings is 1. The highest BCUT2D eigenvalue weighted by Gasteiger charge is 2.38. The van der Waals surface area contributed by atoms with Crippen LogP contribution in [0.1, 0.15) is 18.6 Å². The fourth-order valence-electron chi connectivity index (χ4n) is 2.51. The standard InChI is InChI=1S/C15H18BrNO3.C2HF3O2/c1-18-14-3-2-13(16)12-8-11(20-15(12)14)9-19-10-4-6-17-7-5-10;3-2(4,5)1(6)7/h2-3,8,10,17H,4-7,9H2,1H3;(H,6,7). The van der Waals surface area contributed by atoms with Gasteiger partial charge >= 0.3 is 12.1 Å². The summed E-state index contributed by atoms with van der Waals surface area (Å²) in [4.78, 5) is 8.90. The molecular formula is C17H19BrF3NO5. The van der Waals surface area contributed by atoms with Crippen LogP contribution in [0.25, 0.3) is 11.0 Å². The minimum Gasteiger partial charge on any atom is -0.493 e. The first kappa shape index (κ1) is 21.5. The maximum Gasteiger partial charge on any atom is 0.490 e. The van der Waals surface area contributed by atoms with Crippen LogP contribution in [0.15, 0.2) is 27.1 Å². The molecule has 1 aliphatic heterocycles. The summed E-state index contributed by atoms with van der Waals surface area (Å²) in [5.74, 6) is -1.17. The smallest absolute Gasteiger partial charge is 0.490 e. The summed E-state index contributed by atoms with van der Waals surface area (Å²) < 4.78 is 49.9. The average Bonchev–Trinajstić information content (AvgIpc) is 3.06. The lowest BCUT2D eigenvalue weighted by molar-refractivity contribution is -0.192. The Balaban J connectivity index is 0.000000321. The zero-order valence-electron chi connectivity index (χ0n) is 14.4. The maximum atomic E-state index is 10.6. The number of hydrogen-bond donors (Lipinski definition) is 2. The van der Waals surface area contributed by atoms with E-state index < -0.39 is 12.1 Å². The molecule has 0 radical (unpaired) electrons. The number of fused-ring (bicyclic) bond motifs is 1. The summed E-state index contributed by atoms with van der Waals surface area (Å²) in [6, 6.07) is 5.88. The summed E-state index contributed by atoms with van der Waals surface area (Å²) in [5.41, 5.74) is 0.769. The van der Waals surface area contributed by atoms with Gasteiger partial charge in [0.25, 0.3) is 0 Å². The highest BCUT2D eigenvalue weighted by Crippen LogP contribution is 2.34. The second kappa shape index (κ2) is 9.43. The van der Waals surface area contributed by atoms with Crippen molar-refractivity contribution in [2.45, 2.75) is 31.7 Å². The fraction of sp³-hybridized carbons (Fsp3) is 0.471. The molecule has 1 saturated heterocycles. The third-order valence-corrected chi connectivity index (χ3v) is 4.55. The molecule has 150 valence electrons. The number of hydrogen-bond acceptors (Lipinski definition) is 5. The van der Waals surface area contributed by atoms with E-state index in [1.54, 1.807) is 7.11 Å². The van der Waals surface area contributed by atoms with Crippen molar-refractivity contribution in [3.8, 4) is 5.75 Å². The van der Waals surface area contributed by atoms with Gasteiger partial charge in [-0.1, -0.05) is 15.9 Å². The SMILES string of the molecule is COc1ccc(Br)c2cc(COC3CCNCC3)oc12.O=C(O)C(F)(F)F. The van der Waals surface area contributed by atoms with Crippen LogP contribution in [-0.2, 0) is 16.1 Å². The van der Waals surface area contributed by atoms with Gasteiger partial charge in [-0.3, -0.25) is 0 Å². The summed E-state index contributed by atoms with van der Waals surface area (Å²) in [7, 11) is 1.65. The minimum absolute atomic E-state index is 0.329. The molecule has 0 saturated carbocycles. The van der Waals surface area contributed by atoms with Crippen molar-refractivity contribution in [1.82, 2.24) is 5.32 Å².